The molecule has 0 fully saturated rings. The molecule has 1 aromatic heterocycles. The van der Waals surface area contributed by atoms with Crippen molar-refractivity contribution in [3.8, 4) is 11.8 Å². The Labute approximate surface area is 141 Å². The number of aromatic amines is 1. The van der Waals surface area contributed by atoms with Crippen molar-refractivity contribution in [2.75, 3.05) is 7.11 Å². The summed E-state index contributed by atoms with van der Waals surface area (Å²) in [6.45, 7) is 0. The molecule has 1 heterocycles. The Morgan fingerprint density at radius 1 is 1.27 bits per heavy atom. The van der Waals surface area contributed by atoms with Gasteiger partial charge in [-0.1, -0.05) is 12.1 Å². The van der Waals surface area contributed by atoms with Crippen molar-refractivity contribution in [1.82, 2.24) is 9.97 Å². The average Bonchev–Trinajstić information content (AvgIpc) is 2.97. The lowest BCUT2D eigenvalue weighted by molar-refractivity contribution is 0.415. The molecule has 0 aliphatic carbocycles. The van der Waals surface area contributed by atoms with Crippen molar-refractivity contribution < 1.29 is 4.74 Å². The predicted octanol–water partition coefficient (Wildman–Crippen LogP) is 4.24. The minimum absolute atomic E-state index is 0.497. The van der Waals surface area contributed by atoms with Crippen molar-refractivity contribution in [2.24, 2.45) is 0 Å². The summed E-state index contributed by atoms with van der Waals surface area (Å²) >= 11 is 2.25. The molecular formula is C17H12IN3O. The van der Waals surface area contributed by atoms with Crippen LogP contribution in [0.5, 0.6) is 5.75 Å². The first-order valence-corrected chi connectivity index (χ1v) is 7.69. The lowest BCUT2D eigenvalue weighted by Gasteiger charge is -1.97. The molecule has 0 saturated carbocycles. The molecule has 0 bridgehead atoms. The number of fused-ring (bicyclic) bond motifs is 1. The number of nitriles is 1. The Morgan fingerprint density at radius 3 is 2.73 bits per heavy atom. The SMILES string of the molecule is COc1ccc2nc(C(C#N)=Cc3ccc(I)cc3)[nH]c2c1. The largest absolute Gasteiger partial charge is 0.497 e. The highest BCUT2D eigenvalue weighted by Gasteiger charge is 2.08. The van der Waals surface area contributed by atoms with E-state index in [4.69, 9.17) is 4.74 Å². The highest BCUT2D eigenvalue weighted by atomic mass is 127. The molecule has 0 amide bonds. The van der Waals surface area contributed by atoms with Crippen LogP contribution in [0.15, 0.2) is 42.5 Å². The molecule has 1 N–H and O–H groups in total. The monoisotopic (exact) mass is 401 g/mol. The van der Waals surface area contributed by atoms with Crippen LogP contribution in [0.4, 0.5) is 0 Å². The van der Waals surface area contributed by atoms with Crippen LogP contribution in [-0.2, 0) is 0 Å². The molecule has 0 aliphatic heterocycles. The van der Waals surface area contributed by atoms with Crippen molar-refractivity contribution in [3.63, 3.8) is 0 Å². The Bertz CT molecular complexity index is 888. The molecule has 0 spiro atoms. The van der Waals surface area contributed by atoms with E-state index in [2.05, 4.69) is 38.6 Å². The van der Waals surface area contributed by atoms with Crippen LogP contribution in [0.2, 0.25) is 0 Å². The molecule has 0 unspecified atom stereocenters. The van der Waals surface area contributed by atoms with E-state index in [0.29, 0.717) is 11.4 Å². The fourth-order valence-electron chi connectivity index (χ4n) is 2.12. The second kappa shape index (κ2) is 6.20. The first-order chi connectivity index (χ1) is 10.7. The fourth-order valence-corrected chi connectivity index (χ4v) is 2.48. The summed E-state index contributed by atoms with van der Waals surface area (Å²) in [5, 5.41) is 9.42. The Balaban J connectivity index is 2.03. The van der Waals surface area contributed by atoms with Gasteiger partial charge in [0.05, 0.1) is 23.7 Å². The third-order valence-electron chi connectivity index (χ3n) is 3.25. The van der Waals surface area contributed by atoms with Crippen LogP contribution in [0.25, 0.3) is 22.7 Å². The zero-order valence-corrected chi connectivity index (χ0v) is 14.0. The number of imidazole rings is 1. The number of hydrogen-bond donors (Lipinski definition) is 1. The van der Waals surface area contributed by atoms with Crippen LogP contribution in [0, 0.1) is 14.9 Å². The van der Waals surface area contributed by atoms with Gasteiger partial charge < -0.3 is 9.72 Å². The van der Waals surface area contributed by atoms with E-state index >= 15 is 0 Å². The quantitative estimate of drug-likeness (QED) is 0.528. The maximum atomic E-state index is 9.42. The molecule has 0 saturated heterocycles. The summed E-state index contributed by atoms with van der Waals surface area (Å²) in [6.07, 6.45) is 1.82. The van der Waals surface area contributed by atoms with E-state index in [1.807, 2.05) is 48.5 Å². The summed E-state index contributed by atoms with van der Waals surface area (Å²) in [5.41, 5.74) is 3.11. The summed E-state index contributed by atoms with van der Waals surface area (Å²) in [5.74, 6) is 1.31. The smallest absolute Gasteiger partial charge is 0.149 e. The molecule has 22 heavy (non-hydrogen) atoms. The zero-order chi connectivity index (χ0) is 15.5. The number of halogens is 1. The second-order valence-corrected chi connectivity index (χ2v) is 5.94. The number of rotatable bonds is 3. The summed E-state index contributed by atoms with van der Waals surface area (Å²) < 4.78 is 6.35. The molecule has 3 aromatic rings. The van der Waals surface area contributed by atoms with E-state index in [-0.39, 0.29) is 0 Å². The van der Waals surface area contributed by atoms with E-state index in [0.717, 1.165) is 25.9 Å². The number of hydrogen-bond acceptors (Lipinski definition) is 3. The third-order valence-corrected chi connectivity index (χ3v) is 3.96. The Hall–Kier alpha value is -2.33. The number of benzene rings is 2. The van der Waals surface area contributed by atoms with Crippen LogP contribution >= 0.6 is 22.6 Å². The first-order valence-electron chi connectivity index (χ1n) is 6.61. The number of nitrogens with zero attached hydrogens (tertiary/aromatic N) is 2. The number of H-pyrrole nitrogens is 1. The van der Waals surface area contributed by atoms with Crippen molar-refractivity contribution in [2.45, 2.75) is 0 Å². The molecule has 4 nitrogen and oxygen atoms in total. The molecule has 108 valence electrons. The van der Waals surface area contributed by atoms with Crippen LogP contribution in [0.3, 0.4) is 0 Å². The molecule has 0 aliphatic rings. The van der Waals surface area contributed by atoms with Crippen molar-refractivity contribution in [1.29, 1.82) is 5.26 Å². The summed E-state index contributed by atoms with van der Waals surface area (Å²) in [7, 11) is 1.62. The lowest BCUT2D eigenvalue weighted by atomic mass is 10.1. The van der Waals surface area contributed by atoms with E-state index in [1.54, 1.807) is 7.11 Å². The van der Waals surface area contributed by atoms with Gasteiger partial charge in [0.1, 0.15) is 17.6 Å². The van der Waals surface area contributed by atoms with Gasteiger partial charge in [0.15, 0.2) is 0 Å². The zero-order valence-electron chi connectivity index (χ0n) is 11.8. The van der Waals surface area contributed by atoms with E-state index in [9.17, 15) is 5.26 Å². The number of aromatic nitrogens is 2. The van der Waals surface area contributed by atoms with E-state index in [1.165, 1.54) is 0 Å². The predicted molar refractivity (Wildman–Crippen MR) is 95.3 cm³/mol. The van der Waals surface area contributed by atoms with Gasteiger partial charge in [0.2, 0.25) is 0 Å². The second-order valence-electron chi connectivity index (χ2n) is 4.69. The van der Waals surface area contributed by atoms with Crippen LogP contribution < -0.4 is 4.74 Å². The van der Waals surface area contributed by atoms with Gasteiger partial charge in [-0.25, -0.2) is 4.98 Å². The minimum atomic E-state index is 0.497. The van der Waals surface area contributed by atoms with Crippen molar-refractivity contribution >= 4 is 45.3 Å². The van der Waals surface area contributed by atoms with Crippen LogP contribution in [-0.4, -0.2) is 17.1 Å². The topological polar surface area (TPSA) is 61.7 Å². The third kappa shape index (κ3) is 2.97. The minimum Gasteiger partial charge on any atom is -0.497 e. The van der Waals surface area contributed by atoms with E-state index < -0.39 is 0 Å². The normalized spacial score (nSPS) is 11.4. The molecule has 3 rings (SSSR count). The maximum Gasteiger partial charge on any atom is 0.149 e. The molecule has 0 atom stereocenters. The van der Waals surface area contributed by atoms with Crippen molar-refractivity contribution in [3.05, 3.63) is 57.4 Å². The number of allylic oxidation sites excluding steroid dienone is 1. The molecule has 2 aromatic carbocycles. The Kier molecular flexibility index (Phi) is 4.11. The maximum absolute atomic E-state index is 9.42. The van der Waals surface area contributed by atoms with Gasteiger partial charge >= 0.3 is 0 Å². The number of nitrogens with one attached hydrogen (secondary N) is 1. The number of ether oxygens (including phenoxy) is 1. The molecular weight excluding hydrogens is 389 g/mol. The van der Waals surface area contributed by atoms with Gasteiger partial charge in [-0.15, -0.1) is 0 Å². The van der Waals surface area contributed by atoms with Gasteiger partial charge in [-0.2, -0.15) is 5.26 Å². The van der Waals surface area contributed by atoms with Gasteiger partial charge in [0, 0.05) is 9.64 Å². The Morgan fingerprint density at radius 2 is 2.05 bits per heavy atom. The fraction of sp³-hybridized carbons (Fsp3) is 0.0588. The van der Waals surface area contributed by atoms with Gasteiger partial charge in [-0.3, -0.25) is 0 Å². The van der Waals surface area contributed by atoms with Crippen LogP contribution in [0.1, 0.15) is 11.4 Å². The summed E-state index contributed by atoms with van der Waals surface area (Å²) in [6, 6.07) is 15.8. The summed E-state index contributed by atoms with van der Waals surface area (Å²) in [4.78, 5) is 7.64. The first kappa shape index (κ1) is 14.6. The van der Waals surface area contributed by atoms with Gasteiger partial charge in [-0.05, 0) is 58.5 Å². The lowest BCUT2D eigenvalue weighted by Crippen LogP contribution is -1.85. The average molecular weight is 401 g/mol. The molecule has 0 radical (unpaired) electrons. The number of methoxy groups -OCH3 is 1. The highest BCUT2D eigenvalue weighted by molar-refractivity contribution is 14.1. The molecule has 5 heteroatoms. The highest BCUT2D eigenvalue weighted by Crippen LogP contribution is 2.22. The van der Waals surface area contributed by atoms with Gasteiger partial charge in [0.25, 0.3) is 0 Å². The standard InChI is InChI=1S/C17H12IN3O/c1-22-14-6-7-15-16(9-14)21-17(20-15)12(10-19)8-11-2-4-13(18)5-3-11/h2-9H,1H3,(H,20,21).